The van der Waals surface area contributed by atoms with Crippen LogP contribution in [0.2, 0.25) is 0 Å². The van der Waals surface area contributed by atoms with Gasteiger partial charge in [-0.2, -0.15) is 12.6 Å². The van der Waals surface area contributed by atoms with E-state index in [1.165, 1.54) is 57.4 Å². The van der Waals surface area contributed by atoms with Gasteiger partial charge >= 0.3 is 0 Å². The summed E-state index contributed by atoms with van der Waals surface area (Å²) in [6, 6.07) is 0. The zero-order valence-corrected chi connectivity index (χ0v) is 12.6. The van der Waals surface area contributed by atoms with E-state index < -0.39 is 0 Å². The maximum absolute atomic E-state index is 4.69. The monoisotopic (exact) mass is 279 g/mol. The first-order chi connectivity index (χ1) is 9.31. The van der Waals surface area contributed by atoms with Gasteiger partial charge in [0, 0.05) is 32.0 Å². The number of imidazole rings is 1. The Labute approximate surface area is 121 Å². The van der Waals surface area contributed by atoms with Crippen LogP contribution in [-0.4, -0.2) is 33.3 Å². The van der Waals surface area contributed by atoms with Gasteiger partial charge in [0.1, 0.15) is 5.82 Å². The summed E-state index contributed by atoms with van der Waals surface area (Å²) in [4.78, 5) is 7.07. The SMILES string of the molecule is SCC1(CN2CCn3ccnc3C2)CCCCCC1. The molecule has 0 bridgehead atoms. The van der Waals surface area contributed by atoms with Gasteiger partial charge in [-0.1, -0.05) is 25.7 Å². The summed E-state index contributed by atoms with van der Waals surface area (Å²) in [5.41, 5.74) is 0.453. The Morgan fingerprint density at radius 1 is 1.16 bits per heavy atom. The molecule has 106 valence electrons. The average molecular weight is 279 g/mol. The molecule has 1 fully saturated rings. The predicted octanol–water partition coefficient (Wildman–Crippen LogP) is 2.97. The van der Waals surface area contributed by atoms with Crippen LogP contribution in [0.1, 0.15) is 44.3 Å². The maximum atomic E-state index is 4.69. The van der Waals surface area contributed by atoms with Crippen LogP contribution < -0.4 is 0 Å². The molecule has 0 spiro atoms. The van der Waals surface area contributed by atoms with Crippen LogP contribution in [0.15, 0.2) is 12.4 Å². The number of nitrogens with zero attached hydrogens (tertiary/aromatic N) is 3. The van der Waals surface area contributed by atoms with Crippen LogP contribution in [0.5, 0.6) is 0 Å². The minimum atomic E-state index is 0.453. The summed E-state index contributed by atoms with van der Waals surface area (Å²) in [6.45, 7) is 4.49. The van der Waals surface area contributed by atoms with Crippen LogP contribution in [0, 0.1) is 5.41 Å². The summed E-state index contributed by atoms with van der Waals surface area (Å²) >= 11 is 4.69. The first-order valence-corrected chi connectivity index (χ1v) is 8.28. The molecule has 3 nitrogen and oxygen atoms in total. The molecule has 0 radical (unpaired) electrons. The van der Waals surface area contributed by atoms with Crippen molar-refractivity contribution in [3.63, 3.8) is 0 Å². The molecule has 19 heavy (non-hydrogen) atoms. The van der Waals surface area contributed by atoms with Crippen LogP contribution in [0.3, 0.4) is 0 Å². The zero-order valence-electron chi connectivity index (χ0n) is 11.7. The summed E-state index contributed by atoms with van der Waals surface area (Å²) in [7, 11) is 0. The van der Waals surface area contributed by atoms with E-state index in [1.54, 1.807) is 0 Å². The lowest BCUT2D eigenvalue weighted by Crippen LogP contribution is -2.42. The van der Waals surface area contributed by atoms with E-state index in [-0.39, 0.29) is 0 Å². The lowest BCUT2D eigenvalue weighted by Gasteiger charge is -2.38. The van der Waals surface area contributed by atoms with Crippen molar-refractivity contribution in [1.29, 1.82) is 0 Å². The Morgan fingerprint density at radius 2 is 1.95 bits per heavy atom. The maximum Gasteiger partial charge on any atom is 0.122 e. The van der Waals surface area contributed by atoms with Crippen LogP contribution in [-0.2, 0) is 13.1 Å². The third kappa shape index (κ3) is 3.00. The Hall–Kier alpha value is -0.480. The molecule has 2 aliphatic rings. The number of hydrogen-bond acceptors (Lipinski definition) is 3. The van der Waals surface area contributed by atoms with E-state index in [9.17, 15) is 0 Å². The van der Waals surface area contributed by atoms with Crippen molar-refractivity contribution >= 4 is 12.6 Å². The molecule has 0 atom stereocenters. The van der Waals surface area contributed by atoms with E-state index in [2.05, 4.69) is 20.6 Å². The first-order valence-electron chi connectivity index (χ1n) is 7.65. The van der Waals surface area contributed by atoms with Crippen LogP contribution in [0.4, 0.5) is 0 Å². The summed E-state index contributed by atoms with van der Waals surface area (Å²) < 4.78 is 2.29. The first kappa shape index (κ1) is 13.5. The number of fused-ring (bicyclic) bond motifs is 1. The Kier molecular flexibility index (Phi) is 4.18. The molecule has 0 unspecified atom stereocenters. The Morgan fingerprint density at radius 3 is 2.68 bits per heavy atom. The van der Waals surface area contributed by atoms with Gasteiger partial charge in [0.25, 0.3) is 0 Å². The molecule has 0 N–H and O–H groups in total. The van der Waals surface area contributed by atoms with Gasteiger partial charge in [-0.25, -0.2) is 4.98 Å². The fourth-order valence-electron chi connectivity index (χ4n) is 3.68. The highest BCUT2D eigenvalue weighted by Gasteiger charge is 2.32. The van der Waals surface area contributed by atoms with Gasteiger partial charge < -0.3 is 4.57 Å². The normalized spacial score (nSPS) is 23.8. The smallest absolute Gasteiger partial charge is 0.122 e. The highest BCUT2D eigenvalue weighted by atomic mass is 32.1. The summed E-state index contributed by atoms with van der Waals surface area (Å²) in [5, 5.41) is 0. The van der Waals surface area contributed by atoms with Crippen molar-refractivity contribution in [3.05, 3.63) is 18.2 Å². The number of thiol groups is 1. The van der Waals surface area contributed by atoms with E-state index >= 15 is 0 Å². The summed E-state index contributed by atoms with van der Waals surface area (Å²) in [5.74, 6) is 2.27. The number of aromatic nitrogens is 2. The van der Waals surface area contributed by atoms with Crippen molar-refractivity contribution in [1.82, 2.24) is 14.5 Å². The predicted molar refractivity (Wildman–Crippen MR) is 81.5 cm³/mol. The summed E-state index contributed by atoms with van der Waals surface area (Å²) in [6.07, 6.45) is 12.4. The largest absolute Gasteiger partial charge is 0.333 e. The van der Waals surface area contributed by atoms with Crippen LogP contribution in [0.25, 0.3) is 0 Å². The molecule has 1 aliphatic heterocycles. The fraction of sp³-hybridized carbons (Fsp3) is 0.800. The minimum Gasteiger partial charge on any atom is -0.333 e. The molecule has 1 aromatic heterocycles. The van der Waals surface area contributed by atoms with E-state index in [0.29, 0.717) is 5.41 Å². The molecule has 1 saturated carbocycles. The average Bonchev–Trinajstić information content (AvgIpc) is 2.77. The molecular formula is C15H25N3S. The van der Waals surface area contributed by atoms with Gasteiger partial charge in [-0.05, 0) is 24.0 Å². The topological polar surface area (TPSA) is 21.1 Å². The van der Waals surface area contributed by atoms with E-state index in [0.717, 1.165) is 18.8 Å². The lowest BCUT2D eigenvalue weighted by atomic mass is 9.81. The lowest BCUT2D eigenvalue weighted by molar-refractivity contribution is 0.123. The van der Waals surface area contributed by atoms with Gasteiger partial charge in [0.05, 0.1) is 6.54 Å². The number of rotatable bonds is 3. The third-order valence-electron chi connectivity index (χ3n) is 4.88. The quantitative estimate of drug-likeness (QED) is 0.678. The van der Waals surface area contributed by atoms with Crippen molar-refractivity contribution in [2.75, 3.05) is 18.8 Å². The van der Waals surface area contributed by atoms with Crippen molar-refractivity contribution < 1.29 is 0 Å². The molecule has 2 heterocycles. The van der Waals surface area contributed by atoms with E-state index in [1.807, 2.05) is 6.20 Å². The van der Waals surface area contributed by atoms with Gasteiger partial charge in [0.15, 0.2) is 0 Å². The standard InChI is InChI=1S/C15H25N3S/c19-13-15(5-3-1-2-4-6-15)12-17-9-10-18-8-7-16-14(18)11-17/h7-8,19H,1-6,9-13H2. The highest BCUT2D eigenvalue weighted by molar-refractivity contribution is 7.80. The second-order valence-electron chi connectivity index (χ2n) is 6.32. The second kappa shape index (κ2) is 5.88. The molecule has 0 amide bonds. The molecule has 0 saturated heterocycles. The minimum absolute atomic E-state index is 0.453. The third-order valence-corrected chi connectivity index (χ3v) is 5.55. The fourth-order valence-corrected chi connectivity index (χ4v) is 4.09. The van der Waals surface area contributed by atoms with Crippen LogP contribution >= 0.6 is 12.6 Å². The molecule has 1 aromatic rings. The van der Waals surface area contributed by atoms with Crippen molar-refractivity contribution in [3.8, 4) is 0 Å². The molecule has 4 heteroatoms. The Balaban J connectivity index is 1.66. The van der Waals surface area contributed by atoms with Crippen molar-refractivity contribution in [2.24, 2.45) is 5.41 Å². The molecular weight excluding hydrogens is 254 g/mol. The van der Waals surface area contributed by atoms with E-state index in [4.69, 9.17) is 12.6 Å². The van der Waals surface area contributed by atoms with Gasteiger partial charge in [0.2, 0.25) is 0 Å². The molecule has 0 aromatic carbocycles. The molecule has 1 aliphatic carbocycles. The van der Waals surface area contributed by atoms with Gasteiger partial charge in [-0.3, -0.25) is 4.90 Å². The Bertz CT molecular complexity index is 407. The zero-order chi connectivity index (χ0) is 13.1. The number of hydrogen-bond donors (Lipinski definition) is 1. The van der Waals surface area contributed by atoms with Gasteiger partial charge in [-0.15, -0.1) is 0 Å². The second-order valence-corrected chi connectivity index (χ2v) is 6.64. The molecule has 3 rings (SSSR count). The van der Waals surface area contributed by atoms with Crippen molar-refractivity contribution in [2.45, 2.75) is 51.6 Å². The highest BCUT2D eigenvalue weighted by Crippen LogP contribution is 2.37.